The molecule has 1 fully saturated rings. The lowest BCUT2D eigenvalue weighted by Crippen LogP contribution is -2.54. The number of rotatable bonds is 7. The van der Waals surface area contributed by atoms with Gasteiger partial charge in [0.1, 0.15) is 5.52 Å². The second-order valence-corrected chi connectivity index (χ2v) is 9.33. The van der Waals surface area contributed by atoms with Crippen LogP contribution in [0.3, 0.4) is 0 Å². The highest BCUT2D eigenvalue weighted by Crippen LogP contribution is 2.33. The number of pyridine rings is 1. The first-order valence-electron chi connectivity index (χ1n) is 12.7. The number of likely N-dealkylation sites (tertiary alicyclic amines) is 1. The predicted molar refractivity (Wildman–Crippen MR) is 144 cm³/mol. The Morgan fingerprint density at radius 2 is 1.89 bits per heavy atom. The Bertz CT molecular complexity index is 1250. The zero-order chi connectivity index (χ0) is 28.0. The number of aromatic nitrogens is 4. The molecule has 0 saturated carbocycles. The van der Waals surface area contributed by atoms with E-state index in [-0.39, 0.29) is 18.9 Å². The van der Waals surface area contributed by atoms with E-state index in [9.17, 15) is 17.6 Å². The highest BCUT2D eigenvalue weighted by molar-refractivity contribution is 5.88. The van der Waals surface area contributed by atoms with Gasteiger partial charge >= 0.3 is 0 Å². The van der Waals surface area contributed by atoms with Gasteiger partial charge in [-0.25, -0.2) is 22.1 Å². The van der Waals surface area contributed by atoms with Crippen molar-refractivity contribution in [2.45, 2.75) is 65.9 Å². The molecule has 1 saturated heterocycles. The molecule has 1 aliphatic rings. The van der Waals surface area contributed by atoms with Crippen molar-refractivity contribution >= 4 is 28.7 Å². The molecule has 1 aliphatic heterocycles. The van der Waals surface area contributed by atoms with Gasteiger partial charge in [0.2, 0.25) is 12.4 Å². The van der Waals surface area contributed by atoms with E-state index in [0.29, 0.717) is 25.3 Å². The summed E-state index contributed by atoms with van der Waals surface area (Å²) in [5.41, 5.74) is 4.94. The average Bonchev–Trinajstić information content (AvgIpc) is 3.30. The molecule has 3 aromatic rings. The SMILES string of the molecule is CCC(F)F.CCN1CCC(Nc2nc(NC)c3c(-c4ccc(N=C(C)C)c(C)n4)ccn3n2)C(F)(F)C1. The molecule has 3 aromatic heterocycles. The van der Waals surface area contributed by atoms with Gasteiger partial charge in [-0.2, -0.15) is 4.98 Å². The Morgan fingerprint density at radius 3 is 2.45 bits per heavy atom. The Morgan fingerprint density at radius 1 is 1.18 bits per heavy atom. The Labute approximate surface area is 220 Å². The van der Waals surface area contributed by atoms with Crippen molar-refractivity contribution in [1.82, 2.24) is 24.5 Å². The molecule has 12 heteroatoms. The van der Waals surface area contributed by atoms with Crippen LogP contribution in [0.4, 0.5) is 35.0 Å². The largest absolute Gasteiger partial charge is 0.371 e. The summed E-state index contributed by atoms with van der Waals surface area (Å²) in [6.45, 7) is 10.1. The average molecular weight is 537 g/mol. The minimum absolute atomic E-state index is 0.0278. The van der Waals surface area contributed by atoms with E-state index >= 15 is 0 Å². The maximum atomic E-state index is 14.7. The smallest absolute Gasteiger partial charge is 0.280 e. The summed E-state index contributed by atoms with van der Waals surface area (Å²) in [5.74, 6) is -2.17. The molecular weight excluding hydrogens is 500 g/mol. The van der Waals surface area contributed by atoms with Gasteiger partial charge in [0.25, 0.3) is 5.92 Å². The summed E-state index contributed by atoms with van der Waals surface area (Å²) in [7, 11) is 1.75. The fraction of sp³-hybridized carbons (Fsp3) is 0.538. The van der Waals surface area contributed by atoms with Crippen LogP contribution in [0.2, 0.25) is 0 Å². The second-order valence-electron chi connectivity index (χ2n) is 9.33. The van der Waals surface area contributed by atoms with E-state index in [0.717, 1.165) is 33.9 Å². The second kappa shape index (κ2) is 12.5. The lowest BCUT2D eigenvalue weighted by atomic mass is 10.0. The zero-order valence-electron chi connectivity index (χ0n) is 22.7. The van der Waals surface area contributed by atoms with Crippen molar-refractivity contribution < 1.29 is 17.6 Å². The molecule has 0 radical (unpaired) electrons. The standard InChI is InChI=1S/C23H30F2N8.C3H6F2/c1-6-32-11-10-19(23(24,25)13-32)29-22-30-21(26-5)20-16(9-12-33(20)31-22)18-8-7-17(15(4)28-18)27-14(2)3;1-2-3(4)5/h7-9,12,19H,6,10-11,13H2,1-5H3,(H2,26,29,30,31);3H,2H2,1H3. The number of aliphatic imine (C=N–C) groups is 1. The maximum absolute atomic E-state index is 14.7. The van der Waals surface area contributed by atoms with Crippen molar-refractivity contribution in [2.75, 3.05) is 37.3 Å². The summed E-state index contributed by atoms with van der Waals surface area (Å²) >= 11 is 0. The predicted octanol–water partition coefficient (Wildman–Crippen LogP) is 6.06. The van der Waals surface area contributed by atoms with E-state index in [4.69, 9.17) is 4.98 Å². The number of piperidine rings is 1. The van der Waals surface area contributed by atoms with Crippen molar-refractivity contribution in [3.05, 3.63) is 30.1 Å². The fourth-order valence-corrected chi connectivity index (χ4v) is 4.14. The van der Waals surface area contributed by atoms with Crippen LogP contribution in [0, 0.1) is 6.92 Å². The number of hydrogen-bond acceptors (Lipinski definition) is 7. The number of halogens is 4. The first-order chi connectivity index (χ1) is 18.0. The van der Waals surface area contributed by atoms with Crippen molar-refractivity contribution in [2.24, 2.45) is 4.99 Å². The third kappa shape index (κ3) is 6.97. The molecule has 1 unspecified atom stereocenters. The topological polar surface area (TPSA) is 82.7 Å². The summed E-state index contributed by atoms with van der Waals surface area (Å²) in [4.78, 5) is 15.5. The highest BCUT2D eigenvalue weighted by atomic mass is 19.3. The lowest BCUT2D eigenvalue weighted by Gasteiger charge is -2.38. The van der Waals surface area contributed by atoms with Gasteiger partial charge in [0.15, 0.2) is 5.82 Å². The van der Waals surface area contributed by atoms with Crippen molar-refractivity contribution in [3.63, 3.8) is 0 Å². The third-order valence-corrected chi connectivity index (χ3v) is 6.16. The van der Waals surface area contributed by atoms with Gasteiger partial charge in [-0.05, 0) is 51.9 Å². The van der Waals surface area contributed by atoms with Gasteiger partial charge in [0.05, 0.1) is 29.7 Å². The molecule has 38 heavy (non-hydrogen) atoms. The van der Waals surface area contributed by atoms with Gasteiger partial charge in [-0.15, -0.1) is 5.10 Å². The molecule has 0 aromatic carbocycles. The van der Waals surface area contributed by atoms with Crippen LogP contribution in [0.5, 0.6) is 0 Å². The van der Waals surface area contributed by atoms with Crippen molar-refractivity contribution in [3.8, 4) is 11.3 Å². The first kappa shape index (κ1) is 29.3. The highest BCUT2D eigenvalue weighted by Gasteiger charge is 2.44. The normalized spacial score (nSPS) is 17.2. The van der Waals surface area contributed by atoms with Crippen LogP contribution in [-0.2, 0) is 0 Å². The third-order valence-electron chi connectivity index (χ3n) is 6.16. The molecule has 4 heterocycles. The fourth-order valence-electron chi connectivity index (χ4n) is 4.14. The molecule has 2 N–H and O–H groups in total. The zero-order valence-corrected chi connectivity index (χ0v) is 22.7. The monoisotopic (exact) mass is 536 g/mol. The van der Waals surface area contributed by atoms with Crippen LogP contribution in [0.15, 0.2) is 29.4 Å². The minimum Gasteiger partial charge on any atom is -0.371 e. The molecule has 0 bridgehead atoms. The van der Waals surface area contributed by atoms with E-state index in [1.165, 1.54) is 6.92 Å². The van der Waals surface area contributed by atoms with Gasteiger partial charge in [-0.1, -0.05) is 13.8 Å². The number of aryl methyl sites for hydroxylation is 1. The number of alkyl halides is 4. The van der Waals surface area contributed by atoms with E-state index in [2.05, 4.69) is 25.7 Å². The summed E-state index contributed by atoms with van der Waals surface area (Å²) in [6, 6.07) is 4.74. The Balaban J connectivity index is 0.000000732. The molecule has 8 nitrogen and oxygen atoms in total. The van der Waals surface area contributed by atoms with E-state index < -0.39 is 18.4 Å². The summed E-state index contributed by atoms with van der Waals surface area (Å²) < 4.78 is 52.5. The molecule has 0 spiro atoms. The molecule has 4 rings (SSSR count). The first-order valence-corrected chi connectivity index (χ1v) is 12.7. The summed E-state index contributed by atoms with van der Waals surface area (Å²) in [5, 5.41) is 10.4. The molecular formula is C26H36F4N8. The van der Waals surface area contributed by atoms with Crippen LogP contribution in [0.1, 0.15) is 46.2 Å². The van der Waals surface area contributed by atoms with Gasteiger partial charge in [-0.3, -0.25) is 14.9 Å². The van der Waals surface area contributed by atoms with Gasteiger partial charge in [0, 0.05) is 37.5 Å². The minimum atomic E-state index is -2.86. The van der Waals surface area contributed by atoms with Crippen LogP contribution in [-0.4, -0.2) is 75.3 Å². The van der Waals surface area contributed by atoms with Crippen molar-refractivity contribution in [1.29, 1.82) is 0 Å². The quantitative estimate of drug-likeness (QED) is 0.282. The van der Waals surface area contributed by atoms with Crippen LogP contribution >= 0.6 is 0 Å². The molecule has 0 amide bonds. The number of fused-ring (bicyclic) bond motifs is 1. The molecule has 0 aliphatic carbocycles. The number of hydrogen-bond donors (Lipinski definition) is 2. The summed E-state index contributed by atoms with van der Waals surface area (Å²) in [6.07, 6.45) is -0.0336. The van der Waals surface area contributed by atoms with Crippen LogP contribution in [0.25, 0.3) is 16.8 Å². The number of nitrogens with zero attached hydrogens (tertiary/aromatic N) is 6. The lowest BCUT2D eigenvalue weighted by molar-refractivity contribution is -0.0726. The van der Waals surface area contributed by atoms with E-state index in [1.807, 2.05) is 45.9 Å². The van der Waals surface area contributed by atoms with E-state index in [1.54, 1.807) is 22.7 Å². The maximum Gasteiger partial charge on any atom is 0.280 e. The number of anilines is 2. The number of nitrogens with one attached hydrogen (secondary N) is 2. The Kier molecular flexibility index (Phi) is 9.64. The van der Waals surface area contributed by atoms with Crippen LogP contribution < -0.4 is 10.6 Å². The Hall–Kier alpha value is -3.28. The molecule has 208 valence electrons. The molecule has 1 atom stereocenters. The van der Waals surface area contributed by atoms with Gasteiger partial charge < -0.3 is 10.6 Å².